The predicted molar refractivity (Wildman–Crippen MR) is 91.5 cm³/mol. The van der Waals surface area contributed by atoms with Crippen LogP contribution < -0.4 is 15.0 Å². The van der Waals surface area contributed by atoms with Crippen molar-refractivity contribution >= 4 is 10.8 Å². The first-order valence-electron chi connectivity index (χ1n) is 8.06. The van der Waals surface area contributed by atoms with Crippen LogP contribution in [0.1, 0.15) is 12.8 Å². The minimum absolute atomic E-state index is 0.0386. The fraction of sp³-hybridized carbons (Fsp3) is 0.500. The average Bonchev–Trinajstić information content (AvgIpc) is 2.56. The van der Waals surface area contributed by atoms with Crippen molar-refractivity contribution in [1.82, 2.24) is 9.47 Å². The summed E-state index contributed by atoms with van der Waals surface area (Å²) in [6.45, 7) is 2.98. The zero-order chi connectivity index (χ0) is 16.4. The number of hydrogen-bond acceptors (Lipinski definition) is 4. The number of pyridine rings is 1. The molecule has 0 N–H and O–H groups in total. The van der Waals surface area contributed by atoms with E-state index in [0.717, 1.165) is 25.0 Å². The maximum absolute atomic E-state index is 12.8. The van der Waals surface area contributed by atoms with Crippen LogP contribution in [0.15, 0.2) is 29.2 Å². The van der Waals surface area contributed by atoms with Gasteiger partial charge in [-0.15, -0.1) is 0 Å². The van der Waals surface area contributed by atoms with Gasteiger partial charge in [0.1, 0.15) is 0 Å². The van der Waals surface area contributed by atoms with Crippen molar-refractivity contribution in [3.63, 3.8) is 0 Å². The molecule has 1 unspecified atom stereocenters. The number of nitrogens with zero attached hydrogens (tertiary/aromatic N) is 2. The van der Waals surface area contributed by atoms with Gasteiger partial charge in [-0.1, -0.05) is 0 Å². The van der Waals surface area contributed by atoms with E-state index in [9.17, 15) is 4.79 Å². The highest BCUT2D eigenvalue weighted by Crippen LogP contribution is 2.33. The van der Waals surface area contributed by atoms with Crippen molar-refractivity contribution in [2.45, 2.75) is 19.4 Å². The first kappa shape index (κ1) is 15.9. The first-order valence-corrected chi connectivity index (χ1v) is 8.06. The fourth-order valence-corrected chi connectivity index (χ4v) is 3.53. The second-order valence-corrected chi connectivity index (χ2v) is 6.31. The summed E-state index contributed by atoms with van der Waals surface area (Å²) in [5, 5.41) is 1.48. The van der Waals surface area contributed by atoms with Crippen LogP contribution in [0.3, 0.4) is 0 Å². The second-order valence-electron chi connectivity index (χ2n) is 6.31. The Bertz CT molecular complexity index is 754. The normalized spacial score (nSPS) is 19.0. The third-order valence-electron chi connectivity index (χ3n) is 4.67. The number of aromatic nitrogens is 1. The number of benzene rings is 1. The van der Waals surface area contributed by atoms with E-state index in [1.54, 1.807) is 20.3 Å². The van der Waals surface area contributed by atoms with Crippen molar-refractivity contribution in [1.29, 1.82) is 0 Å². The van der Waals surface area contributed by atoms with E-state index < -0.39 is 0 Å². The number of fused-ring (bicyclic) bond motifs is 1. The quantitative estimate of drug-likeness (QED) is 0.868. The molecule has 1 aromatic carbocycles. The molecule has 124 valence electrons. The summed E-state index contributed by atoms with van der Waals surface area (Å²) in [5.74, 6) is 1.79. The predicted octanol–water partition coefficient (Wildman–Crippen LogP) is 2.36. The van der Waals surface area contributed by atoms with Crippen LogP contribution in [-0.4, -0.2) is 43.8 Å². The minimum Gasteiger partial charge on any atom is -0.493 e. The highest BCUT2D eigenvalue weighted by Gasteiger charge is 2.19. The highest BCUT2D eigenvalue weighted by atomic mass is 16.5. The first-order chi connectivity index (χ1) is 11.1. The van der Waals surface area contributed by atoms with Gasteiger partial charge in [0.2, 0.25) is 0 Å². The maximum Gasteiger partial charge on any atom is 0.258 e. The number of ether oxygens (including phenoxy) is 2. The van der Waals surface area contributed by atoms with E-state index in [-0.39, 0.29) is 5.56 Å². The molecule has 0 amide bonds. The van der Waals surface area contributed by atoms with Crippen molar-refractivity contribution in [3.05, 3.63) is 34.7 Å². The molecule has 1 atom stereocenters. The minimum atomic E-state index is 0.0386. The lowest BCUT2D eigenvalue weighted by atomic mass is 9.98. The van der Waals surface area contributed by atoms with Gasteiger partial charge in [0.15, 0.2) is 11.5 Å². The fourth-order valence-electron chi connectivity index (χ4n) is 3.53. The second kappa shape index (κ2) is 6.62. The Morgan fingerprint density at radius 1 is 1.17 bits per heavy atom. The monoisotopic (exact) mass is 316 g/mol. The van der Waals surface area contributed by atoms with Crippen LogP contribution in [0.5, 0.6) is 11.5 Å². The Kier molecular flexibility index (Phi) is 4.57. The summed E-state index contributed by atoms with van der Waals surface area (Å²) >= 11 is 0. The van der Waals surface area contributed by atoms with Gasteiger partial charge in [-0.05, 0) is 50.6 Å². The number of methoxy groups -OCH3 is 2. The van der Waals surface area contributed by atoms with E-state index in [1.807, 2.05) is 22.9 Å². The van der Waals surface area contributed by atoms with Crippen molar-refractivity contribution in [3.8, 4) is 11.5 Å². The number of hydrogen-bond donors (Lipinski definition) is 0. The highest BCUT2D eigenvalue weighted by molar-refractivity contribution is 5.90. The van der Waals surface area contributed by atoms with Crippen LogP contribution >= 0.6 is 0 Å². The molecular weight excluding hydrogens is 292 g/mol. The van der Waals surface area contributed by atoms with Crippen LogP contribution in [0, 0.1) is 5.92 Å². The maximum atomic E-state index is 12.8. The van der Waals surface area contributed by atoms with Crippen molar-refractivity contribution < 1.29 is 9.47 Å². The van der Waals surface area contributed by atoms with Gasteiger partial charge in [-0.25, -0.2) is 0 Å². The van der Waals surface area contributed by atoms with Gasteiger partial charge in [-0.3, -0.25) is 4.79 Å². The molecule has 5 nitrogen and oxygen atoms in total. The van der Waals surface area contributed by atoms with E-state index >= 15 is 0 Å². The Labute approximate surface area is 136 Å². The molecule has 0 saturated carbocycles. The molecule has 2 aromatic rings. The van der Waals surface area contributed by atoms with Gasteiger partial charge in [0.05, 0.1) is 19.6 Å². The van der Waals surface area contributed by atoms with Gasteiger partial charge in [0.25, 0.3) is 5.56 Å². The van der Waals surface area contributed by atoms with Crippen LogP contribution in [-0.2, 0) is 6.54 Å². The lowest BCUT2D eigenvalue weighted by Gasteiger charge is -2.30. The van der Waals surface area contributed by atoms with Gasteiger partial charge in [0, 0.05) is 24.7 Å². The number of likely N-dealkylation sites (tertiary alicyclic amines) is 1. The summed E-state index contributed by atoms with van der Waals surface area (Å²) in [7, 11) is 5.34. The number of rotatable bonds is 4. The Morgan fingerprint density at radius 3 is 2.70 bits per heavy atom. The van der Waals surface area contributed by atoms with Crippen molar-refractivity contribution in [2.24, 2.45) is 5.92 Å². The molecule has 3 rings (SSSR count). The molecule has 1 aliphatic heterocycles. The molecule has 23 heavy (non-hydrogen) atoms. The average molecular weight is 316 g/mol. The largest absolute Gasteiger partial charge is 0.493 e. The Morgan fingerprint density at radius 2 is 2.00 bits per heavy atom. The van der Waals surface area contributed by atoms with E-state index in [4.69, 9.17) is 9.47 Å². The zero-order valence-electron chi connectivity index (χ0n) is 14.0. The van der Waals surface area contributed by atoms with Crippen LogP contribution in [0.4, 0.5) is 0 Å². The molecule has 0 radical (unpaired) electrons. The van der Waals surface area contributed by atoms with E-state index in [0.29, 0.717) is 22.8 Å². The molecule has 5 heteroatoms. The molecule has 0 aliphatic carbocycles. The summed E-state index contributed by atoms with van der Waals surface area (Å²) in [5.41, 5.74) is 0.0386. The van der Waals surface area contributed by atoms with Crippen LogP contribution in [0.25, 0.3) is 10.8 Å². The topological polar surface area (TPSA) is 43.7 Å². The standard InChI is InChI=1S/C18H24N2O3/c1-19-9-4-5-13(11-19)12-20-10-8-14-15(18(20)21)6-7-16(22-2)17(14)23-3/h6-8,10,13H,4-5,9,11-12H2,1-3H3. The van der Waals surface area contributed by atoms with E-state index in [1.165, 1.54) is 12.8 Å². The molecule has 0 spiro atoms. The lowest BCUT2D eigenvalue weighted by molar-refractivity contribution is 0.193. The van der Waals surface area contributed by atoms with Crippen LogP contribution in [0.2, 0.25) is 0 Å². The lowest BCUT2D eigenvalue weighted by Crippen LogP contribution is -2.36. The summed E-state index contributed by atoms with van der Waals surface area (Å²) in [6, 6.07) is 5.56. The molecule has 2 heterocycles. The zero-order valence-corrected chi connectivity index (χ0v) is 14.0. The third-order valence-corrected chi connectivity index (χ3v) is 4.67. The molecular formula is C18H24N2O3. The van der Waals surface area contributed by atoms with Crippen molar-refractivity contribution in [2.75, 3.05) is 34.4 Å². The molecule has 1 aromatic heterocycles. The SMILES string of the molecule is COc1ccc2c(=O)n(CC3CCCN(C)C3)ccc2c1OC. The molecule has 1 aliphatic rings. The van der Waals surface area contributed by atoms with E-state index in [2.05, 4.69) is 11.9 Å². The smallest absolute Gasteiger partial charge is 0.258 e. The summed E-state index contributed by atoms with van der Waals surface area (Å²) < 4.78 is 12.6. The van der Waals surface area contributed by atoms with Gasteiger partial charge < -0.3 is 18.9 Å². The third kappa shape index (κ3) is 3.06. The van der Waals surface area contributed by atoms with Gasteiger partial charge in [-0.2, -0.15) is 0 Å². The van der Waals surface area contributed by atoms with Gasteiger partial charge >= 0.3 is 0 Å². The Hall–Kier alpha value is -2.01. The Balaban J connectivity index is 1.97. The molecule has 1 saturated heterocycles. The molecule has 0 bridgehead atoms. The summed E-state index contributed by atoms with van der Waals surface area (Å²) in [6.07, 6.45) is 4.26. The summed E-state index contributed by atoms with van der Waals surface area (Å²) in [4.78, 5) is 15.1. The molecule has 1 fully saturated rings. The number of piperidine rings is 1.